The van der Waals surface area contributed by atoms with Crippen LogP contribution in [-0.2, 0) is 14.8 Å². The van der Waals surface area contributed by atoms with Gasteiger partial charge < -0.3 is 5.32 Å². The van der Waals surface area contributed by atoms with Gasteiger partial charge in [0.25, 0.3) is 10.0 Å². The van der Waals surface area contributed by atoms with Gasteiger partial charge in [0.05, 0.1) is 10.1 Å². The van der Waals surface area contributed by atoms with Crippen LogP contribution in [0.4, 0.5) is 11.6 Å². The molecule has 3 rings (SSSR count). The van der Waals surface area contributed by atoms with Crippen LogP contribution in [0.2, 0.25) is 5.02 Å². The number of rotatable bonds is 8. The molecule has 0 aliphatic carbocycles. The molecular weight excluding hydrogens is 468 g/mol. The predicted molar refractivity (Wildman–Crippen MR) is 129 cm³/mol. The number of thioether (sulfide) groups is 1. The highest BCUT2D eigenvalue weighted by Gasteiger charge is 2.19. The van der Waals surface area contributed by atoms with E-state index >= 15 is 0 Å². The lowest BCUT2D eigenvalue weighted by Crippen LogP contribution is -2.24. The molecule has 0 unspecified atom stereocenters. The second-order valence-corrected chi connectivity index (χ2v) is 10.5. The van der Waals surface area contributed by atoms with Gasteiger partial charge in [-0.1, -0.05) is 18.5 Å². The third kappa shape index (κ3) is 6.44. The highest BCUT2D eigenvalue weighted by molar-refractivity contribution is 8.00. The minimum absolute atomic E-state index is 0.0184. The van der Waals surface area contributed by atoms with Crippen molar-refractivity contribution >= 4 is 50.9 Å². The molecule has 1 atom stereocenters. The average molecular weight is 491 g/mol. The Morgan fingerprint density at radius 2 is 1.62 bits per heavy atom. The average Bonchev–Trinajstić information content (AvgIpc) is 2.72. The highest BCUT2D eigenvalue weighted by atomic mass is 35.5. The van der Waals surface area contributed by atoms with Crippen LogP contribution in [0.5, 0.6) is 0 Å². The molecule has 2 N–H and O–H groups in total. The molecule has 2 aromatic carbocycles. The van der Waals surface area contributed by atoms with E-state index in [1.54, 1.807) is 44.2 Å². The van der Waals surface area contributed by atoms with Crippen LogP contribution in [0.1, 0.15) is 24.7 Å². The maximum Gasteiger partial charge on any atom is 0.264 e. The minimum Gasteiger partial charge on any atom is -0.325 e. The Hall–Kier alpha value is -2.62. The van der Waals surface area contributed by atoms with E-state index in [0.717, 1.165) is 4.90 Å². The van der Waals surface area contributed by atoms with Crippen molar-refractivity contribution in [3.05, 3.63) is 71.0 Å². The van der Waals surface area contributed by atoms with Crippen LogP contribution >= 0.6 is 23.4 Å². The van der Waals surface area contributed by atoms with Crippen molar-refractivity contribution in [3.63, 3.8) is 0 Å². The van der Waals surface area contributed by atoms with Gasteiger partial charge in [-0.3, -0.25) is 4.79 Å². The summed E-state index contributed by atoms with van der Waals surface area (Å²) in [4.78, 5) is 21.9. The smallest absolute Gasteiger partial charge is 0.264 e. The Morgan fingerprint density at radius 1 is 1.03 bits per heavy atom. The van der Waals surface area contributed by atoms with Crippen LogP contribution in [0, 0.1) is 13.8 Å². The maximum absolute atomic E-state index is 12.7. The number of aromatic nitrogens is 2. The zero-order chi connectivity index (χ0) is 23.3. The van der Waals surface area contributed by atoms with Gasteiger partial charge in [0.2, 0.25) is 11.9 Å². The van der Waals surface area contributed by atoms with Crippen molar-refractivity contribution in [1.29, 1.82) is 0 Å². The first kappa shape index (κ1) is 24.0. The Balaban J connectivity index is 1.67. The van der Waals surface area contributed by atoms with E-state index in [-0.39, 0.29) is 22.0 Å². The molecule has 3 aromatic rings. The number of sulfonamides is 1. The van der Waals surface area contributed by atoms with Gasteiger partial charge in [0.15, 0.2) is 0 Å². The van der Waals surface area contributed by atoms with Crippen molar-refractivity contribution in [2.45, 2.75) is 42.2 Å². The van der Waals surface area contributed by atoms with E-state index in [2.05, 4.69) is 20.0 Å². The fourth-order valence-electron chi connectivity index (χ4n) is 2.89. The van der Waals surface area contributed by atoms with E-state index in [1.807, 2.05) is 19.1 Å². The van der Waals surface area contributed by atoms with Crippen molar-refractivity contribution < 1.29 is 13.2 Å². The first-order chi connectivity index (χ1) is 15.2. The van der Waals surface area contributed by atoms with Gasteiger partial charge >= 0.3 is 0 Å². The van der Waals surface area contributed by atoms with Crippen molar-refractivity contribution in [2.75, 3.05) is 10.0 Å². The topological polar surface area (TPSA) is 101 Å². The molecule has 0 spiro atoms. The SMILES string of the molecule is CC[C@H](Sc1ccc(Cl)cc1)C(=O)Nc1ccc(S(=O)(=O)Nc2nc(C)cc(C)n2)cc1. The van der Waals surface area contributed by atoms with E-state index in [1.165, 1.54) is 23.9 Å². The fourth-order valence-corrected chi connectivity index (χ4v) is 4.91. The first-order valence-corrected chi connectivity index (χ1v) is 12.6. The van der Waals surface area contributed by atoms with Crippen molar-refractivity contribution in [1.82, 2.24) is 9.97 Å². The number of nitrogens with zero attached hydrogens (tertiary/aromatic N) is 2. The molecule has 7 nitrogen and oxygen atoms in total. The van der Waals surface area contributed by atoms with Gasteiger partial charge in [0, 0.05) is 27.0 Å². The predicted octanol–water partition coefficient (Wildman–Crippen LogP) is 5.06. The molecular formula is C22H23ClN4O3S2. The molecule has 168 valence electrons. The van der Waals surface area contributed by atoms with Crippen molar-refractivity contribution in [3.8, 4) is 0 Å². The van der Waals surface area contributed by atoms with Crippen LogP contribution < -0.4 is 10.0 Å². The summed E-state index contributed by atoms with van der Waals surface area (Å²) in [6, 6.07) is 15.0. The number of halogens is 1. The lowest BCUT2D eigenvalue weighted by atomic mass is 10.3. The molecule has 10 heteroatoms. The first-order valence-electron chi connectivity index (χ1n) is 9.84. The lowest BCUT2D eigenvalue weighted by Gasteiger charge is -2.15. The van der Waals surface area contributed by atoms with Gasteiger partial charge in [-0.2, -0.15) is 0 Å². The summed E-state index contributed by atoms with van der Waals surface area (Å²) >= 11 is 7.36. The van der Waals surface area contributed by atoms with E-state index in [4.69, 9.17) is 11.6 Å². The Bertz CT molecular complexity index is 1180. The summed E-state index contributed by atoms with van der Waals surface area (Å²) in [5.41, 5.74) is 1.83. The Morgan fingerprint density at radius 3 is 2.19 bits per heavy atom. The molecule has 0 bridgehead atoms. The minimum atomic E-state index is -3.86. The second kappa shape index (κ2) is 10.3. The van der Waals surface area contributed by atoms with Crippen LogP contribution in [0.3, 0.4) is 0 Å². The molecule has 32 heavy (non-hydrogen) atoms. The number of hydrogen-bond acceptors (Lipinski definition) is 6. The molecule has 1 amide bonds. The van der Waals surface area contributed by atoms with Crippen molar-refractivity contribution in [2.24, 2.45) is 0 Å². The summed E-state index contributed by atoms with van der Waals surface area (Å²) in [6.45, 7) is 5.46. The van der Waals surface area contributed by atoms with Gasteiger partial charge in [0.1, 0.15) is 0 Å². The number of nitrogens with one attached hydrogen (secondary N) is 2. The van der Waals surface area contributed by atoms with Crippen LogP contribution in [-0.4, -0.2) is 29.5 Å². The largest absolute Gasteiger partial charge is 0.325 e. The molecule has 0 saturated carbocycles. The number of aryl methyl sites for hydroxylation is 2. The molecule has 0 aliphatic heterocycles. The Kier molecular flexibility index (Phi) is 7.76. The number of carbonyl (C=O) groups excluding carboxylic acids is 1. The standard InChI is InChI=1S/C22H23ClN4O3S2/c1-4-20(31-18-9-5-16(23)6-10-18)21(28)26-17-7-11-19(12-8-17)32(29,30)27-22-24-14(2)13-15(3)25-22/h5-13,20H,4H2,1-3H3,(H,26,28)(H,24,25,27)/t20-/m0/s1. The van der Waals surface area contributed by atoms with E-state index < -0.39 is 10.0 Å². The summed E-state index contributed by atoms with van der Waals surface area (Å²) in [5, 5.41) is 3.18. The lowest BCUT2D eigenvalue weighted by molar-refractivity contribution is -0.115. The quantitative estimate of drug-likeness (QED) is 0.428. The van der Waals surface area contributed by atoms with E-state index in [0.29, 0.717) is 28.5 Å². The summed E-state index contributed by atoms with van der Waals surface area (Å²) < 4.78 is 27.7. The number of anilines is 2. The summed E-state index contributed by atoms with van der Waals surface area (Å²) in [7, 11) is -3.86. The second-order valence-electron chi connectivity index (χ2n) is 7.06. The summed E-state index contributed by atoms with van der Waals surface area (Å²) in [6.07, 6.45) is 0.630. The fraction of sp³-hybridized carbons (Fsp3) is 0.227. The van der Waals surface area contributed by atoms with Gasteiger partial charge in [-0.25, -0.2) is 23.1 Å². The van der Waals surface area contributed by atoms with E-state index in [9.17, 15) is 13.2 Å². The third-order valence-corrected chi connectivity index (χ3v) is 7.37. The molecule has 0 fully saturated rings. The zero-order valence-corrected chi connectivity index (χ0v) is 20.2. The molecule has 0 radical (unpaired) electrons. The number of amides is 1. The molecule has 0 aliphatic rings. The number of carbonyl (C=O) groups is 1. The highest BCUT2D eigenvalue weighted by Crippen LogP contribution is 2.28. The van der Waals surface area contributed by atoms with Gasteiger partial charge in [-0.05, 0) is 74.9 Å². The summed E-state index contributed by atoms with van der Waals surface area (Å²) in [5.74, 6) is -0.144. The monoisotopic (exact) mass is 490 g/mol. The van der Waals surface area contributed by atoms with Crippen LogP contribution in [0.25, 0.3) is 0 Å². The maximum atomic E-state index is 12.7. The normalized spacial score (nSPS) is 12.2. The number of hydrogen-bond donors (Lipinski definition) is 2. The molecule has 1 aromatic heterocycles. The zero-order valence-electron chi connectivity index (χ0n) is 17.8. The third-order valence-electron chi connectivity index (χ3n) is 4.40. The number of benzene rings is 2. The molecule has 1 heterocycles. The molecule has 0 saturated heterocycles. The Labute approximate surface area is 197 Å². The van der Waals surface area contributed by atoms with Gasteiger partial charge in [-0.15, -0.1) is 11.8 Å². The van der Waals surface area contributed by atoms with Crippen LogP contribution in [0.15, 0.2) is 64.4 Å².